The van der Waals surface area contributed by atoms with Crippen LogP contribution in [-0.4, -0.2) is 0 Å². The lowest BCUT2D eigenvalue weighted by Gasteiger charge is -2.20. The largest absolute Gasteiger partial charge is 0.464 e. The highest BCUT2D eigenvalue weighted by Gasteiger charge is 2.26. The van der Waals surface area contributed by atoms with Gasteiger partial charge in [-0.25, -0.2) is 0 Å². The minimum atomic E-state index is -0.487. The highest BCUT2D eigenvalue weighted by molar-refractivity contribution is 9.10. The fourth-order valence-corrected chi connectivity index (χ4v) is 2.86. The topological polar surface area (TPSA) is 52.3 Å². The monoisotopic (exact) mass is 293 g/mol. The number of furan rings is 2. The predicted octanol–water partition coefficient (Wildman–Crippen LogP) is 4.14. The molecule has 3 aromatic rings. The Labute approximate surface area is 107 Å². The van der Waals surface area contributed by atoms with Gasteiger partial charge in [0.2, 0.25) is 0 Å². The highest BCUT2D eigenvalue weighted by Crippen LogP contribution is 2.41. The summed E-state index contributed by atoms with van der Waals surface area (Å²) in [6, 6.07) is 3.84. The fraction of sp³-hybridized carbons (Fsp3) is 0.231. The van der Waals surface area contributed by atoms with Crippen LogP contribution in [0.4, 0.5) is 0 Å². The molecule has 0 saturated carbocycles. The van der Waals surface area contributed by atoms with E-state index in [1.807, 2.05) is 26.0 Å². The zero-order valence-corrected chi connectivity index (χ0v) is 11.2. The lowest BCUT2D eigenvalue weighted by molar-refractivity contribution is 0.539. The van der Waals surface area contributed by atoms with Crippen molar-refractivity contribution >= 4 is 37.9 Å². The second-order valence-electron chi connectivity index (χ2n) is 4.74. The molecule has 2 aromatic heterocycles. The summed E-state index contributed by atoms with van der Waals surface area (Å²) in [4.78, 5) is 0. The predicted molar refractivity (Wildman–Crippen MR) is 70.9 cm³/mol. The molecule has 2 heterocycles. The summed E-state index contributed by atoms with van der Waals surface area (Å²) >= 11 is 3.55. The first-order valence-corrected chi connectivity index (χ1v) is 6.14. The van der Waals surface area contributed by atoms with Crippen molar-refractivity contribution in [3.63, 3.8) is 0 Å². The van der Waals surface area contributed by atoms with Crippen LogP contribution in [0, 0.1) is 0 Å². The van der Waals surface area contributed by atoms with Gasteiger partial charge in [-0.1, -0.05) is 0 Å². The molecule has 1 aromatic carbocycles. The van der Waals surface area contributed by atoms with Gasteiger partial charge in [0.05, 0.1) is 17.0 Å². The third-order valence-corrected chi connectivity index (χ3v) is 3.69. The van der Waals surface area contributed by atoms with Crippen LogP contribution in [0.3, 0.4) is 0 Å². The number of nitrogens with two attached hydrogens (primary N) is 1. The van der Waals surface area contributed by atoms with Crippen molar-refractivity contribution in [2.45, 2.75) is 19.4 Å². The molecule has 0 aliphatic heterocycles. The summed E-state index contributed by atoms with van der Waals surface area (Å²) in [5.74, 6) is 0. The molecule has 4 heteroatoms. The van der Waals surface area contributed by atoms with E-state index in [0.717, 1.165) is 32.0 Å². The molecular formula is C13H12BrNO2. The molecule has 2 N–H and O–H groups in total. The van der Waals surface area contributed by atoms with Crippen LogP contribution in [0.2, 0.25) is 0 Å². The van der Waals surface area contributed by atoms with Crippen molar-refractivity contribution in [1.82, 2.24) is 0 Å². The Hall–Kier alpha value is -1.26. The van der Waals surface area contributed by atoms with Crippen LogP contribution < -0.4 is 5.73 Å². The van der Waals surface area contributed by atoms with Crippen LogP contribution in [0.5, 0.6) is 0 Å². The Balaban J connectivity index is 2.62. The SMILES string of the molecule is CC(C)(N)c1c2ccoc2c(Br)c2ccoc12. The Morgan fingerprint density at radius 1 is 1.06 bits per heavy atom. The number of benzene rings is 1. The van der Waals surface area contributed by atoms with Gasteiger partial charge in [-0.3, -0.25) is 0 Å². The third kappa shape index (κ3) is 1.44. The van der Waals surface area contributed by atoms with Crippen LogP contribution in [0.25, 0.3) is 21.9 Å². The van der Waals surface area contributed by atoms with E-state index in [2.05, 4.69) is 15.9 Å². The smallest absolute Gasteiger partial charge is 0.149 e. The van der Waals surface area contributed by atoms with Gasteiger partial charge in [0.15, 0.2) is 0 Å². The summed E-state index contributed by atoms with van der Waals surface area (Å²) in [7, 11) is 0. The van der Waals surface area contributed by atoms with Gasteiger partial charge in [0.1, 0.15) is 11.2 Å². The summed E-state index contributed by atoms with van der Waals surface area (Å²) in [5.41, 5.74) is 8.36. The van der Waals surface area contributed by atoms with Crippen molar-refractivity contribution in [3.05, 3.63) is 34.7 Å². The molecule has 0 fully saturated rings. The average Bonchev–Trinajstić information content (AvgIpc) is 2.83. The Bertz CT molecular complexity index is 651. The molecule has 0 radical (unpaired) electrons. The molecule has 0 saturated heterocycles. The molecule has 0 unspecified atom stereocenters. The van der Waals surface area contributed by atoms with E-state index >= 15 is 0 Å². The summed E-state index contributed by atoms with van der Waals surface area (Å²) in [5, 5.41) is 1.98. The fourth-order valence-electron chi connectivity index (χ4n) is 2.24. The van der Waals surface area contributed by atoms with Gasteiger partial charge < -0.3 is 14.6 Å². The van der Waals surface area contributed by atoms with Crippen LogP contribution >= 0.6 is 15.9 Å². The van der Waals surface area contributed by atoms with E-state index in [0.29, 0.717) is 0 Å². The Kier molecular flexibility index (Phi) is 2.15. The Morgan fingerprint density at radius 2 is 1.65 bits per heavy atom. The molecule has 0 atom stereocenters. The minimum Gasteiger partial charge on any atom is -0.464 e. The number of halogens is 1. The maximum Gasteiger partial charge on any atom is 0.149 e. The molecule has 3 nitrogen and oxygen atoms in total. The molecule has 17 heavy (non-hydrogen) atoms. The zero-order chi connectivity index (χ0) is 12.2. The molecular weight excluding hydrogens is 282 g/mol. The first kappa shape index (κ1) is 10.9. The molecule has 88 valence electrons. The minimum absolute atomic E-state index is 0.487. The van der Waals surface area contributed by atoms with Gasteiger partial charge in [-0.2, -0.15) is 0 Å². The van der Waals surface area contributed by atoms with Gasteiger partial charge in [-0.15, -0.1) is 0 Å². The maximum absolute atomic E-state index is 6.24. The first-order chi connectivity index (χ1) is 8.00. The van der Waals surface area contributed by atoms with Crippen molar-refractivity contribution in [3.8, 4) is 0 Å². The molecule has 0 bridgehead atoms. The molecule has 0 amide bonds. The lowest BCUT2D eigenvalue weighted by Crippen LogP contribution is -2.29. The van der Waals surface area contributed by atoms with E-state index in [-0.39, 0.29) is 0 Å². The van der Waals surface area contributed by atoms with Crippen molar-refractivity contribution in [2.24, 2.45) is 5.73 Å². The molecule has 0 aliphatic carbocycles. The van der Waals surface area contributed by atoms with E-state index in [4.69, 9.17) is 14.6 Å². The average molecular weight is 294 g/mol. The van der Waals surface area contributed by atoms with Gasteiger partial charge >= 0.3 is 0 Å². The number of hydrogen-bond donors (Lipinski definition) is 1. The van der Waals surface area contributed by atoms with Gasteiger partial charge in [-0.05, 0) is 41.9 Å². The summed E-state index contributed by atoms with van der Waals surface area (Å²) in [6.45, 7) is 3.93. The molecule has 0 spiro atoms. The zero-order valence-electron chi connectivity index (χ0n) is 9.58. The molecule has 3 rings (SSSR count). The van der Waals surface area contributed by atoms with Crippen molar-refractivity contribution < 1.29 is 8.83 Å². The first-order valence-electron chi connectivity index (χ1n) is 5.35. The standard InChI is InChI=1S/C13H12BrNO2/c1-13(2,15)9-7-3-5-17-12(7)10(14)8-4-6-16-11(8)9/h3-6H,15H2,1-2H3. The molecule has 0 aliphatic rings. The lowest BCUT2D eigenvalue weighted by atomic mass is 9.91. The highest BCUT2D eigenvalue weighted by atomic mass is 79.9. The second-order valence-corrected chi connectivity index (χ2v) is 5.53. The normalized spacial score (nSPS) is 12.7. The van der Waals surface area contributed by atoms with Gasteiger partial charge in [0, 0.05) is 21.9 Å². The van der Waals surface area contributed by atoms with Crippen molar-refractivity contribution in [1.29, 1.82) is 0 Å². The van der Waals surface area contributed by atoms with Crippen molar-refractivity contribution in [2.75, 3.05) is 0 Å². The quantitative estimate of drug-likeness (QED) is 0.734. The van der Waals surface area contributed by atoms with Crippen LogP contribution in [0.15, 0.2) is 38.0 Å². The van der Waals surface area contributed by atoms with Crippen LogP contribution in [-0.2, 0) is 5.54 Å². The number of fused-ring (bicyclic) bond motifs is 2. The number of rotatable bonds is 1. The van der Waals surface area contributed by atoms with E-state index in [9.17, 15) is 0 Å². The van der Waals surface area contributed by atoms with E-state index < -0.39 is 5.54 Å². The third-order valence-electron chi connectivity index (χ3n) is 2.91. The number of hydrogen-bond acceptors (Lipinski definition) is 3. The van der Waals surface area contributed by atoms with Crippen LogP contribution in [0.1, 0.15) is 19.4 Å². The Morgan fingerprint density at radius 3 is 2.29 bits per heavy atom. The summed E-state index contributed by atoms with van der Waals surface area (Å²) in [6.07, 6.45) is 3.34. The van der Waals surface area contributed by atoms with Gasteiger partial charge in [0.25, 0.3) is 0 Å². The second kappa shape index (κ2) is 3.37. The maximum atomic E-state index is 6.24. The van der Waals surface area contributed by atoms with E-state index in [1.165, 1.54) is 0 Å². The summed E-state index contributed by atoms with van der Waals surface area (Å²) < 4.78 is 12.0. The van der Waals surface area contributed by atoms with E-state index in [1.54, 1.807) is 12.5 Å².